The van der Waals surface area contributed by atoms with Crippen molar-refractivity contribution in [3.8, 4) is 0 Å². The van der Waals surface area contributed by atoms with Gasteiger partial charge in [-0.2, -0.15) is 0 Å². The lowest BCUT2D eigenvalue weighted by Gasteiger charge is -2.32. The van der Waals surface area contributed by atoms with Gasteiger partial charge in [0.2, 0.25) is 11.3 Å². The van der Waals surface area contributed by atoms with E-state index in [1.807, 2.05) is 50.4 Å². The van der Waals surface area contributed by atoms with Crippen molar-refractivity contribution in [1.82, 2.24) is 13.7 Å². The molecule has 1 atom stereocenters. The molecule has 0 bridgehead atoms. The van der Waals surface area contributed by atoms with E-state index in [0.717, 1.165) is 67.0 Å². The number of quaternary nitrogens is 1. The van der Waals surface area contributed by atoms with Crippen molar-refractivity contribution >= 4 is 56.6 Å². The van der Waals surface area contributed by atoms with Gasteiger partial charge in [0.1, 0.15) is 4.33 Å². The highest BCUT2D eigenvalue weighted by molar-refractivity contribution is 6.23. The molecule has 6 heterocycles. The van der Waals surface area contributed by atoms with Crippen molar-refractivity contribution in [1.29, 1.82) is 0 Å². The highest BCUT2D eigenvalue weighted by Gasteiger charge is 2.62. The van der Waals surface area contributed by atoms with Crippen molar-refractivity contribution in [2.24, 2.45) is 15.0 Å². The molecule has 0 amide bonds. The third-order valence-corrected chi connectivity index (χ3v) is 7.28. The number of hydrogen-bond acceptors (Lipinski definition) is 3. The molecule has 5 aromatic rings. The van der Waals surface area contributed by atoms with E-state index in [-0.39, 0.29) is 4.33 Å². The number of fused-ring (bicyclic) bond motifs is 9. The first-order valence-electron chi connectivity index (χ1n) is 10.4. The van der Waals surface area contributed by atoms with Crippen LogP contribution in [0.2, 0.25) is 0 Å². The predicted octanol–water partition coefficient (Wildman–Crippen LogP) is 3.33. The smallest absolute Gasteiger partial charge is 0.201 e. The van der Waals surface area contributed by atoms with Crippen LogP contribution >= 0.6 is 11.8 Å². The van der Waals surface area contributed by atoms with Crippen LogP contribution in [0.25, 0.3) is 21.5 Å². The van der Waals surface area contributed by atoms with Crippen LogP contribution in [0.5, 0.6) is 0 Å². The quantitative estimate of drug-likeness (QED) is 0.266. The highest BCUT2D eigenvalue weighted by atomic mass is 35.5. The van der Waals surface area contributed by atoms with Crippen LogP contribution in [-0.2, 0) is 0 Å². The van der Waals surface area contributed by atoms with Crippen LogP contribution in [0.4, 0.5) is 11.6 Å². The Morgan fingerprint density at radius 2 is 1.19 bits per heavy atom. The zero-order valence-corrected chi connectivity index (χ0v) is 17.2. The van der Waals surface area contributed by atoms with Gasteiger partial charge in [0.05, 0.1) is 21.9 Å². The highest BCUT2D eigenvalue weighted by Crippen LogP contribution is 2.46. The van der Waals surface area contributed by atoms with Gasteiger partial charge >= 0.3 is 11.7 Å². The molecule has 8 heteroatoms. The molecule has 9 rings (SSSR count). The molecular formula is C24H12ClN7+2. The van der Waals surface area contributed by atoms with E-state index < -0.39 is 0 Å². The minimum absolute atomic E-state index is 0.186. The average molecular weight is 434 g/mol. The maximum atomic E-state index is 7.71. The molecule has 32 heavy (non-hydrogen) atoms. The van der Waals surface area contributed by atoms with Crippen molar-refractivity contribution < 1.29 is 4.68 Å². The Labute approximate surface area is 185 Å². The summed E-state index contributed by atoms with van der Waals surface area (Å²) in [6.07, 6.45) is 0. The molecule has 1 unspecified atom stereocenters. The van der Waals surface area contributed by atoms with Gasteiger partial charge in [0, 0.05) is 15.5 Å². The summed E-state index contributed by atoms with van der Waals surface area (Å²) in [7, 11) is 0. The Hall–Kier alpha value is -4.07. The molecule has 4 aliphatic heterocycles. The molecule has 0 aliphatic carbocycles. The monoisotopic (exact) mass is 433 g/mol. The summed E-state index contributed by atoms with van der Waals surface area (Å²) in [5.74, 6) is 3.20. The van der Waals surface area contributed by atoms with E-state index in [1.165, 1.54) is 0 Å². The number of benzene rings is 3. The molecule has 0 N–H and O–H groups in total. The summed E-state index contributed by atoms with van der Waals surface area (Å²) in [6, 6.07) is 24.7. The molecule has 148 valence electrons. The third-order valence-electron chi connectivity index (χ3n) is 6.83. The van der Waals surface area contributed by atoms with Gasteiger partial charge in [-0.3, -0.25) is 0 Å². The average Bonchev–Trinajstić information content (AvgIpc) is 3.45. The van der Waals surface area contributed by atoms with E-state index in [2.05, 4.69) is 36.4 Å². The zero-order valence-electron chi connectivity index (χ0n) is 16.4. The predicted molar refractivity (Wildman–Crippen MR) is 122 cm³/mol. The van der Waals surface area contributed by atoms with Gasteiger partial charge in [-0.15, -0.1) is 0 Å². The number of aromatic nitrogens is 2. The third kappa shape index (κ3) is 1.41. The first-order valence-corrected chi connectivity index (χ1v) is 10.8. The second kappa shape index (κ2) is 4.72. The summed E-state index contributed by atoms with van der Waals surface area (Å²) >= 11 is 7.71. The van der Waals surface area contributed by atoms with Crippen LogP contribution in [0.15, 0.2) is 87.8 Å². The van der Waals surface area contributed by atoms with Crippen LogP contribution in [0, 0.1) is 0 Å². The van der Waals surface area contributed by atoms with Crippen LogP contribution in [-0.4, -0.2) is 25.7 Å². The van der Waals surface area contributed by atoms with Crippen molar-refractivity contribution in [2.45, 2.75) is 0 Å². The van der Waals surface area contributed by atoms with Gasteiger partial charge < -0.3 is 0 Å². The first-order chi connectivity index (χ1) is 15.8. The van der Waals surface area contributed by atoms with E-state index in [9.17, 15) is 0 Å². The number of hydrogen-bond donors (Lipinski definition) is 0. The van der Waals surface area contributed by atoms with Gasteiger partial charge in [-0.1, -0.05) is 67.9 Å². The number of halogens is 1. The minimum Gasteiger partial charge on any atom is -0.201 e. The normalized spacial score (nSPS) is 20.7. The Morgan fingerprint density at radius 3 is 1.91 bits per heavy atom. The lowest BCUT2D eigenvalue weighted by Crippen LogP contribution is -2.71. The van der Waals surface area contributed by atoms with Crippen LogP contribution in [0.3, 0.4) is 0 Å². The van der Waals surface area contributed by atoms with Gasteiger partial charge in [-0.25, -0.2) is 4.99 Å². The Bertz CT molecular complexity index is 1960. The van der Waals surface area contributed by atoms with Crippen molar-refractivity contribution in [3.63, 3.8) is 0 Å². The number of aliphatic imine (C=N–C) groups is 1. The SMILES string of the molecule is Cl[N+]12n3c4c5ccccc5c3N=c3c5ccccc5c(n31)=NC1=[N+]2C(=N4)c2ccccc21. The fraction of sp³-hybridized carbons (Fsp3) is 0. The maximum Gasteiger partial charge on any atom is 0.331 e. The molecule has 7 nitrogen and oxygen atoms in total. The second-order valence-electron chi connectivity index (χ2n) is 8.34. The lowest BCUT2D eigenvalue weighted by molar-refractivity contribution is -0.603. The molecule has 2 aromatic heterocycles. The number of rotatable bonds is 0. The van der Waals surface area contributed by atoms with Crippen LogP contribution in [0.1, 0.15) is 11.1 Å². The zero-order chi connectivity index (χ0) is 20.8. The van der Waals surface area contributed by atoms with Gasteiger partial charge in [0.25, 0.3) is 23.1 Å². The molecule has 0 spiro atoms. The second-order valence-corrected chi connectivity index (χ2v) is 8.80. The van der Waals surface area contributed by atoms with Gasteiger partial charge in [0.15, 0.2) is 0 Å². The Balaban J connectivity index is 1.66. The lowest BCUT2D eigenvalue weighted by atomic mass is 10.1. The molecule has 4 aliphatic rings. The number of nitrogens with zero attached hydrogens (tertiary/aromatic N) is 7. The molecule has 0 radical (unpaired) electrons. The minimum atomic E-state index is -0.186. The molecule has 0 saturated heterocycles. The molecular weight excluding hydrogens is 422 g/mol. The van der Waals surface area contributed by atoms with Crippen molar-refractivity contribution in [3.05, 3.63) is 94.9 Å². The first kappa shape index (κ1) is 15.7. The summed E-state index contributed by atoms with van der Waals surface area (Å²) in [5, 5.41) is 4.12. The number of amidine groups is 2. The molecule has 3 aromatic carbocycles. The largest absolute Gasteiger partial charge is 0.331 e. The van der Waals surface area contributed by atoms with Crippen LogP contribution < -0.4 is 15.3 Å². The summed E-state index contributed by atoms with van der Waals surface area (Å²) in [6.45, 7) is 0. The Kier molecular flexibility index (Phi) is 2.31. The fourth-order valence-corrected chi connectivity index (χ4v) is 5.97. The molecule has 0 fully saturated rings. The summed E-state index contributed by atoms with van der Waals surface area (Å²) in [5.41, 5.74) is 3.66. The fourth-order valence-electron chi connectivity index (χ4n) is 5.54. The topological polar surface area (TPSA) is 49.9 Å². The summed E-state index contributed by atoms with van der Waals surface area (Å²) < 4.78 is 5.83. The summed E-state index contributed by atoms with van der Waals surface area (Å²) in [4.78, 5) is 15.4. The molecule has 0 saturated carbocycles. The standard InChI is InChI=1S/C24H12ClN7/c25-32-29-19-13-7-1-2-8-14(13)20(29)27-22-17-11-5-6-12-18(17)24(31(22)32)28-23-16-10-4-3-9-15(16)21(26-19)30(23)32/h1-12H/q+2. The van der Waals surface area contributed by atoms with Crippen molar-refractivity contribution in [2.75, 3.05) is 0 Å². The Morgan fingerprint density at radius 1 is 0.625 bits per heavy atom. The van der Waals surface area contributed by atoms with E-state index in [0.29, 0.717) is 0 Å². The van der Waals surface area contributed by atoms with E-state index >= 15 is 0 Å². The maximum absolute atomic E-state index is 7.71. The van der Waals surface area contributed by atoms with Gasteiger partial charge in [-0.05, 0) is 24.3 Å². The van der Waals surface area contributed by atoms with E-state index in [4.69, 9.17) is 26.8 Å². The van der Waals surface area contributed by atoms with E-state index in [1.54, 1.807) is 0 Å².